The maximum atomic E-state index is 11.7. The van der Waals surface area contributed by atoms with Crippen LogP contribution in [0, 0.1) is 0 Å². The van der Waals surface area contributed by atoms with Crippen molar-refractivity contribution in [2.24, 2.45) is 0 Å². The van der Waals surface area contributed by atoms with Gasteiger partial charge in [-0.2, -0.15) is 0 Å². The first kappa shape index (κ1) is 13.1. The summed E-state index contributed by atoms with van der Waals surface area (Å²) in [5, 5.41) is 12.5. The van der Waals surface area contributed by atoms with Gasteiger partial charge in [0, 0.05) is 34.7 Å². The first-order chi connectivity index (χ1) is 8.72. The van der Waals surface area contributed by atoms with Crippen LogP contribution < -0.4 is 5.32 Å². The van der Waals surface area contributed by atoms with Gasteiger partial charge in [-0.05, 0) is 24.6 Å². The van der Waals surface area contributed by atoms with Crippen LogP contribution in [0.2, 0.25) is 0 Å². The molecule has 4 nitrogen and oxygen atoms in total. The van der Waals surface area contributed by atoms with Crippen molar-refractivity contribution in [2.75, 3.05) is 13.2 Å². The fourth-order valence-corrected chi connectivity index (χ4v) is 2.33. The molecular weight excluding hydrogens is 296 g/mol. The van der Waals surface area contributed by atoms with Gasteiger partial charge in [0.15, 0.2) is 0 Å². The third-order valence-electron chi connectivity index (χ3n) is 2.73. The Labute approximate surface area is 114 Å². The number of aliphatic hydroxyl groups excluding tert-OH is 1. The lowest BCUT2D eigenvalue weighted by molar-refractivity contribution is -0.121. The number of fused-ring (bicyclic) bond motifs is 1. The highest BCUT2D eigenvalue weighted by Crippen LogP contribution is 2.24. The molecular formula is C13H15BrN2O2. The van der Waals surface area contributed by atoms with Crippen LogP contribution in [0.5, 0.6) is 0 Å². The molecule has 1 aromatic carbocycles. The van der Waals surface area contributed by atoms with Gasteiger partial charge < -0.3 is 15.0 Å². The van der Waals surface area contributed by atoms with Crippen LogP contribution in [0.4, 0.5) is 0 Å². The van der Waals surface area contributed by atoms with Crippen molar-refractivity contribution < 1.29 is 9.90 Å². The summed E-state index contributed by atoms with van der Waals surface area (Å²) in [4.78, 5) is 11.7. The van der Waals surface area contributed by atoms with E-state index in [1.165, 1.54) is 0 Å². The highest BCUT2D eigenvalue weighted by Gasteiger charge is 2.07. The summed E-state index contributed by atoms with van der Waals surface area (Å²) in [6.45, 7) is 0.906. The molecule has 1 amide bonds. The topological polar surface area (TPSA) is 54.3 Å². The predicted octanol–water partition coefficient (Wildman–Crippen LogP) is 1.90. The molecule has 0 saturated heterocycles. The van der Waals surface area contributed by atoms with Gasteiger partial charge in [0.25, 0.3) is 0 Å². The van der Waals surface area contributed by atoms with Crippen molar-refractivity contribution in [1.29, 1.82) is 0 Å². The van der Waals surface area contributed by atoms with E-state index in [4.69, 9.17) is 5.11 Å². The molecule has 0 bridgehead atoms. The maximum Gasteiger partial charge on any atom is 0.239 e. The molecule has 0 unspecified atom stereocenters. The largest absolute Gasteiger partial charge is 0.396 e. The van der Waals surface area contributed by atoms with Crippen LogP contribution in [-0.2, 0) is 11.3 Å². The summed E-state index contributed by atoms with van der Waals surface area (Å²) < 4.78 is 2.94. The van der Waals surface area contributed by atoms with Crippen molar-refractivity contribution in [3.63, 3.8) is 0 Å². The van der Waals surface area contributed by atoms with E-state index in [-0.39, 0.29) is 12.5 Å². The molecule has 0 atom stereocenters. The van der Waals surface area contributed by atoms with E-state index >= 15 is 0 Å². The molecule has 2 aromatic rings. The quantitative estimate of drug-likeness (QED) is 0.829. The van der Waals surface area contributed by atoms with Gasteiger partial charge >= 0.3 is 0 Å². The number of nitrogens with one attached hydrogen (secondary N) is 1. The van der Waals surface area contributed by atoms with Gasteiger partial charge in [-0.3, -0.25) is 4.79 Å². The van der Waals surface area contributed by atoms with Gasteiger partial charge in [0.1, 0.15) is 6.54 Å². The standard InChI is InChI=1S/C13H15BrN2O2/c14-11-3-1-4-12-10(11)5-7-16(12)9-13(18)15-6-2-8-17/h1,3-5,7,17H,2,6,8-9H2,(H,15,18). The first-order valence-electron chi connectivity index (χ1n) is 5.83. The molecule has 0 aliphatic rings. The molecule has 18 heavy (non-hydrogen) atoms. The second kappa shape index (κ2) is 6.02. The smallest absolute Gasteiger partial charge is 0.239 e. The Morgan fingerprint density at radius 2 is 2.22 bits per heavy atom. The Hall–Kier alpha value is -1.33. The second-order valence-corrected chi connectivity index (χ2v) is 4.90. The maximum absolute atomic E-state index is 11.7. The highest BCUT2D eigenvalue weighted by atomic mass is 79.9. The van der Waals surface area contributed by atoms with Crippen LogP contribution >= 0.6 is 15.9 Å². The van der Waals surface area contributed by atoms with Crippen molar-refractivity contribution in [1.82, 2.24) is 9.88 Å². The number of hydrogen-bond acceptors (Lipinski definition) is 2. The summed E-state index contributed by atoms with van der Waals surface area (Å²) in [6, 6.07) is 7.90. The first-order valence-corrected chi connectivity index (χ1v) is 6.62. The molecule has 96 valence electrons. The van der Waals surface area contributed by atoms with Crippen LogP contribution in [0.3, 0.4) is 0 Å². The SMILES string of the molecule is O=C(Cn1ccc2c(Br)cccc21)NCCCO. The Bertz CT molecular complexity index is 551. The number of aliphatic hydroxyl groups is 1. The fourth-order valence-electron chi connectivity index (χ4n) is 1.84. The third kappa shape index (κ3) is 2.91. The van der Waals surface area contributed by atoms with E-state index in [9.17, 15) is 4.79 Å². The van der Waals surface area contributed by atoms with Crippen molar-refractivity contribution in [2.45, 2.75) is 13.0 Å². The molecule has 1 aromatic heterocycles. The van der Waals surface area contributed by atoms with E-state index in [1.54, 1.807) is 0 Å². The van der Waals surface area contributed by atoms with E-state index in [0.717, 1.165) is 15.4 Å². The Morgan fingerprint density at radius 1 is 1.39 bits per heavy atom. The van der Waals surface area contributed by atoms with Crippen LogP contribution in [-0.4, -0.2) is 28.7 Å². The van der Waals surface area contributed by atoms with E-state index in [0.29, 0.717) is 19.5 Å². The average molecular weight is 311 g/mol. The minimum absolute atomic E-state index is 0.0408. The van der Waals surface area contributed by atoms with Crippen molar-refractivity contribution in [3.05, 3.63) is 34.9 Å². The second-order valence-electron chi connectivity index (χ2n) is 4.04. The number of halogens is 1. The van der Waals surface area contributed by atoms with Crippen LogP contribution in [0.1, 0.15) is 6.42 Å². The summed E-state index contributed by atoms with van der Waals surface area (Å²) in [5.41, 5.74) is 1.03. The number of nitrogens with zero attached hydrogens (tertiary/aromatic N) is 1. The van der Waals surface area contributed by atoms with Gasteiger partial charge in [-0.1, -0.05) is 22.0 Å². The molecule has 0 saturated carbocycles. The molecule has 5 heteroatoms. The van der Waals surface area contributed by atoms with E-state index in [1.807, 2.05) is 35.0 Å². The normalized spacial score (nSPS) is 10.8. The molecule has 1 heterocycles. The average Bonchev–Trinajstić information content (AvgIpc) is 2.74. The van der Waals surface area contributed by atoms with Crippen LogP contribution in [0.25, 0.3) is 10.9 Å². The number of carbonyl (C=O) groups excluding carboxylic acids is 1. The zero-order chi connectivity index (χ0) is 13.0. The molecule has 0 spiro atoms. The fraction of sp³-hybridized carbons (Fsp3) is 0.308. The molecule has 0 radical (unpaired) electrons. The van der Waals surface area contributed by atoms with Crippen molar-refractivity contribution >= 4 is 32.7 Å². The number of rotatable bonds is 5. The van der Waals surface area contributed by atoms with Crippen LogP contribution in [0.15, 0.2) is 34.9 Å². The van der Waals surface area contributed by atoms with E-state index < -0.39 is 0 Å². The number of carbonyl (C=O) groups is 1. The number of aromatic nitrogens is 1. The molecule has 0 aliphatic carbocycles. The van der Waals surface area contributed by atoms with Gasteiger partial charge in [0.05, 0.1) is 0 Å². The summed E-state index contributed by atoms with van der Waals surface area (Å²) in [5.74, 6) is -0.0408. The van der Waals surface area contributed by atoms with Gasteiger partial charge in [-0.25, -0.2) is 0 Å². The predicted molar refractivity (Wildman–Crippen MR) is 74.4 cm³/mol. The zero-order valence-electron chi connectivity index (χ0n) is 9.90. The minimum atomic E-state index is -0.0408. The molecule has 2 rings (SSSR count). The Kier molecular flexibility index (Phi) is 4.38. The summed E-state index contributed by atoms with van der Waals surface area (Å²) in [6.07, 6.45) is 2.49. The lowest BCUT2D eigenvalue weighted by atomic mass is 10.2. The minimum Gasteiger partial charge on any atom is -0.396 e. The molecule has 2 N–H and O–H groups in total. The monoisotopic (exact) mass is 310 g/mol. The molecule has 0 fully saturated rings. The zero-order valence-corrected chi connectivity index (χ0v) is 11.5. The van der Waals surface area contributed by atoms with E-state index in [2.05, 4.69) is 21.2 Å². The summed E-state index contributed by atoms with van der Waals surface area (Å²) in [7, 11) is 0. The molecule has 0 aliphatic heterocycles. The number of hydrogen-bond donors (Lipinski definition) is 2. The lowest BCUT2D eigenvalue weighted by Crippen LogP contribution is -2.28. The Morgan fingerprint density at radius 3 is 3.00 bits per heavy atom. The third-order valence-corrected chi connectivity index (χ3v) is 3.42. The number of benzene rings is 1. The summed E-state index contributed by atoms with van der Waals surface area (Å²) >= 11 is 3.49. The number of amides is 1. The highest BCUT2D eigenvalue weighted by molar-refractivity contribution is 9.10. The Balaban J connectivity index is 2.08. The van der Waals surface area contributed by atoms with Crippen molar-refractivity contribution in [3.8, 4) is 0 Å². The lowest BCUT2D eigenvalue weighted by Gasteiger charge is -2.07. The van der Waals surface area contributed by atoms with Gasteiger partial charge in [0.2, 0.25) is 5.91 Å². The van der Waals surface area contributed by atoms with Gasteiger partial charge in [-0.15, -0.1) is 0 Å².